The predicted molar refractivity (Wildman–Crippen MR) is 181 cm³/mol. The molecule has 6 heteroatoms. The molecule has 242 valence electrons. The van der Waals surface area contributed by atoms with Gasteiger partial charge in [0.1, 0.15) is 0 Å². The third kappa shape index (κ3) is 17.7. The van der Waals surface area contributed by atoms with Gasteiger partial charge in [-0.05, 0) is 103 Å². The molecule has 0 aromatic rings. The van der Waals surface area contributed by atoms with Gasteiger partial charge < -0.3 is 29.4 Å². The summed E-state index contributed by atoms with van der Waals surface area (Å²) in [6.45, 7) is 37.4. The lowest BCUT2D eigenvalue weighted by molar-refractivity contribution is 0.142. The van der Waals surface area contributed by atoms with Crippen LogP contribution in [-0.4, -0.2) is 148 Å². The minimum absolute atomic E-state index is 0. The van der Waals surface area contributed by atoms with E-state index < -0.39 is 0 Å². The summed E-state index contributed by atoms with van der Waals surface area (Å²) in [4.78, 5) is 15.0. The van der Waals surface area contributed by atoms with Gasteiger partial charge in [-0.1, -0.05) is 68.7 Å². The lowest BCUT2D eigenvalue weighted by Crippen LogP contribution is -2.45. The number of hydrogen-bond acceptors (Lipinski definition) is 6. The average molecular weight is 569 g/mol. The molecular weight excluding hydrogens is 492 g/mol. The SMILES string of the molecule is C.CCC1CCN(CC)CC1.CCC1CCN(CC)CC1.CCN1CCN(C)CC1.CCN1CCN(CC)CC1. The van der Waals surface area contributed by atoms with Gasteiger partial charge in [0.2, 0.25) is 0 Å². The van der Waals surface area contributed by atoms with Crippen LogP contribution < -0.4 is 0 Å². The largest absolute Gasteiger partial charge is 0.304 e. The number of nitrogens with zero attached hydrogens (tertiary/aromatic N) is 6. The van der Waals surface area contributed by atoms with Crippen LogP contribution in [0.5, 0.6) is 0 Å². The molecular formula is C34H76N6. The summed E-state index contributed by atoms with van der Waals surface area (Å²) in [6, 6.07) is 0. The first kappa shape index (κ1) is 39.8. The van der Waals surface area contributed by atoms with Gasteiger partial charge in [-0.15, -0.1) is 0 Å². The fourth-order valence-electron chi connectivity index (χ4n) is 6.01. The maximum Gasteiger partial charge on any atom is 0.0110 e. The van der Waals surface area contributed by atoms with Crippen LogP contribution in [0.15, 0.2) is 0 Å². The Kier molecular flexibility index (Phi) is 25.1. The van der Waals surface area contributed by atoms with Crippen molar-refractivity contribution in [1.29, 1.82) is 0 Å². The first-order valence-electron chi connectivity index (χ1n) is 17.2. The summed E-state index contributed by atoms with van der Waals surface area (Å²) in [5, 5.41) is 0. The van der Waals surface area contributed by atoms with Crippen molar-refractivity contribution in [3.05, 3.63) is 0 Å². The van der Waals surface area contributed by atoms with E-state index in [2.05, 4.69) is 84.9 Å². The molecule has 4 rings (SSSR count). The number of rotatable bonds is 7. The summed E-state index contributed by atoms with van der Waals surface area (Å²) in [7, 11) is 2.19. The molecule has 0 aliphatic carbocycles. The molecule has 4 heterocycles. The smallest absolute Gasteiger partial charge is 0.0110 e. The molecule has 0 aromatic heterocycles. The van der Waals surface area contributed by atoms with Gasteiger partial charge in [0, 0.05) is 52.4 Å². The third-order valence-corrected chi connectivity index (χ3v) is 9.87. The molecule has 0 saturated carbocycles. The van der Waals surface area contributed by atoms with E-state index in [0.717, 1.165) is 11.8 Å². The van der Waals surface area contributed by atoms with Gasteiger partial charge in [0.25, 0.3) is 0 Å². The Morgan fingerprint density at radius 2 is 0.600 bits per heavy atom. The van der Waals surface area contributed by atoms with E-state index in [0.29, 0.717) is 0 Å². The number of piperidine rings is 2. The molecule has 4 saturated heterocycles. The predicted octanol–water partition coefficient (Wildman–Crippen LogP) is 5.79. The molecule has 0 N–H and O–H groups in total. The Balaban J connectivity index is 0.000000503. The fourth-order valence-corrected chi connectivity index (χ4v) is 6.01. The van der Waals surface area contributed by atoms with Crippen LogP contribution in [-0.2, 0) is 0 Å². The Labute approximate surface area is 253 Å². The molecule has 4 aliphatic heterocycles. The average Bonchev–Trinajstić information content (AvgIpc) is 3.02. The summed E-state index contributed by atoms with van der Waals surface area (Å²) in [6.07, 6.45) is 8.51. The summed E-state index contributed by atoms with van der Waals surface area (Å²) in [5.74, 6) is 2.06. The van der Waals surface area contributed by atoms with Crippen molar-refractivity contribution in [2.75, 3.05) is 118 Å². The summed E-state index contributed by atoms with van der Waals surface area (Å²) in [5.41, 5.74) is 0. The van der Waals surface area contributed by atoms with E-state index in [4.69, 9.17) is 0 Å². The lowest BCUT2D eigenvalue weighted by atomic mass is 9.95. The molecule has 0 bridgehead atoms. The highest BCUT2D eigenvalue weighted by atomic mass is 15.3. The second-order valence-electron chi connectivity index (χ2n) is 12.2. The monoisotopic (exact) mass is 569 g/mol. The molecule has 40 heavy (non-hydrogen) atoms. The molecule has 0 spiro atoms. The zero-order chi connectivity index (χ0) is 28.9. The van der Waals surface area contributed by atoms with Crippen molar-refractivity contribution in [3.63, 3.8) is 0 Å². The first-order chi connectivity index (χ1) is 18.9. The molecule has 0 atom stereocenters. The molecule has 0 unspecified atom stereocenters. The quantitative estimate of drug-likeness (QED) is 0.384. The van der Waals surface area contributed by atoms with Crippen LogP contribution >= 0.6 is 0 Å². The Morgan fingerprint density at radius 3 is 0.825 bits per heavy atom. The summed E-state index contributed by atoms with van der Waals surface area (Å²) >= 11 is 0. The second kappa shape index (κ2) is 25.3. The Bertz CT molecular complexity index is 421. The third-order valence-electron chi connectivity index (χ3n) is 9.87. The van der Waals surface area contributed by atoms with E-state index in [9.17, 15) is 0 Å². The number of likely N-dealkylation sites (tertiary alicyclic amines) is 2. The van der Waals surface area contributed by atoms with E-state index in [1.807, 2.05) is 0 Å². The number of piperazine rings is 2. The lowest BCUT2D eigenvalue weighted by Gasteiger charge is -2.33. The van der Waals surface area contributed by atoms with E-state index in [-0.39, 0.29) is 7.43 Å². The van der Waals surface area contributed by atoms with Crippen molar-refractivity contribution in [3.8, 4) is 0 Å². The van der Waals surface area contributed by atoms with Crippen LogP contribution in [0.25, 0.3) is 0 Å². The number of likely N-dealkylation sites (N-methyl/N-ethyl adjacent to an activating group) is 4. The van der Waals surface area contributed by atoms with Gasteiger partial charge in [-0.2, -0.15) is 0 Å². The zero-order valence-electron chi connectivity index (χ0n) is 28.1. The van der Waals surface area contributed by atoms with Crippen molar-refractivity contribution in [2.45, 2.75) is 94.4 Å². The highest BCUT2D eigenvalue weighted by Crippen LogP contribution is 2.20. The van der Waals surface area contributed by atoms with Crippen LogP contribution in [0.1, 0.15) is 94.4 Å². The minimum atomic E-state index is 0. The molecule has 0 radical (unpaired) electrons. The topological polar surface area (TPSA) is 19.4 Å². The zero-order valence-corrected chi connectivity index (χ0v) is 28.1. The van der Waals surface area contributed by atoms with Gasteiger partial charge in [-0.25, -0.2) is 0 Å². The first-order valence-corrected chi connectivity index (χ1v) is 17.2. The van der Waals surface area contributed by atoms with Gasteiger partial charge in [-0.3, -0.25) is 0 Å². The number of hydrogen-bond donors (Lipinski definition) is 0. The van der Waals surface area contributed by atoms with Crippen molar-refractivity contribution < 1.29 is 0 Å². The standard InChI is InChI=1S/2C9H19N.C8H18N2.C7H16N2.CH4/c3*1-3-9-5-7-10(4-2)8-6-9;1-3-9-6-4-8(2)5-7-9;/h2*9H,3-8H2,1-2H3;3-8H2,1-2H3;3-7H2,1-2H3;1H4. The Morgan fingerprint density at radius 1 is 0.375 bits per heavy atom. The highest BCUT2D eigenvalue weighted by Gasteiger charge is 2.16. The van der Waals surface area contributed by atoms with E-state index >= 15 is 0 Å². The second-order valence-corrected chi connectivity index (χ2v) is 12.2. The van der Waals surface area contributed by atoms with Crippen molar-refractivity contribution in [2.24, 2.45) is 11.8 Å². The minimum Gasteiger partial charge on any atom is -0.304 e. The Hall–Kier alpha value is -0.240. The van der Waals surface area contributed by atoms with Gasteiger partial charge >= 0.3 is 0 Å². The van der Waals surface area contributed by atoms with Crippen molar-refractivity contribution >= 4 is 0 Å². The molecule has 6 nitrogen and oxygen atoms in total. The van der Waals surface area contributed by atoms with Crippen molar-refractivity contribution in [1.82, 2.24) is 29.4 Å². The van der Waals surface area contributed by atoms with Crippen LogP contribution in [0.2, 0.25) is 0 Å². The molecule has 4 aliphatic rings. The molecule has 4 fully saturated rings. The van der Waals surface area contributed by atoms with Crippen LogP contribution in [0, 0.1) is 11.8 Å². The van der Waals surface area contributed by atoms with E-state index in [1.54, 1.807) is 0 Å². The van der Waals surface area contributed by atoms with Crippen LogP contribution in [0.3, 0.4) is 0 Å². The molecule has 0 aromatic carbocycles. The molecule has 0 amide bonds. The maximum absolute atomic E-state index is 2.55. The van der Waals surface area contributed by atoms with Gasteiger partial charge in [0.05, 0.1) is 0 Å². The fraction of sp³-hybridized carbons (Fsp3) is 1.00. The van der Waals surface area contributed by atoms with Gasteiger partial charge in [0.15, 0.2) is 0 Å². The summed E-state index contributed by atoms with van der Waals surface area (Å²) < 4.78 is 0. The maximum atomic E-state index is 2.55. The highest BCUT2D eigenvalue weighted by molar-refractivity contribution is 4.71. The van der Waals surface area contributed by atoms with E-state index in [1.165, 1.54) is 150 Å². The normalized spacial score (nSPS) is 23.1. The van der Waals surface area contributed by atoms with Crippen LogP contribution in [0.4, 0.5) is 0 Å².